The molecule has 1 N–H and O–H groups in total. The number of hydrogen-bond donors (Lipinski definition) is 1. The van der Waals surface area contributed by atoms with Gasteiger partial charge in [-0.25, -0.2) is 5.43 Å². The summed E-state index contributed by atoms with van der Waals surface area (Å²) in [4.78, 5) is 12.4. The number of nitrogens with zero attached hydrogens (tertiary/aromatic N) is 1. The van der Waals surface area contributed by atoms with Gasteiger partial charge < -0.3 is 9.47 Å². The number of nitrogens with one attached hydrogen (secondary N) is 1. The number of amides is 1. The zero-order valence-corrected chi connectivity index (χ0v) is 18.8. The van der Waals surface area contributed by atoms with Crippen molar-refractivity contribution in [2.75, 3.05) is 0 Å². The highest BCUT2D eigenvalue weighted by Crippen LogP contribution is 2.26. The number of halogens is 1. The van der Waals surface area contributed by atoms with Crippen molar-refractivity contribution in [3.63, 3.8) is 0 Å². The van der Waals surface area contributed by atoms with E-state index >= 15 is 0 Å². The standard InChI is InChI=1S/C27H23ClN2O3/c1-19(33-26-8-4-6-22-5-2-3-7-25(22)26)27(31)30-29-17-20-11-15-24(16-12-20)32-18-21-9-13-23(28)14-10-21/h2-17,19H,18H2,1H3,(H,30,31)/b29-17-/t19-/m0/s1. The zero-order valence-electron chi connectivity index (χ0n) is 18.1. The molecule has 5 nitrogen and oxygen atoms in total. The molecule has 0 aliphatic rings. The van der Waals surface area contributed by atoms with Crippen molar-refractivity contribution >= 4 is 34.5 Å². The molecule has 0 saturated carbocycles. The highest BCUT2D eigenvalue weighted by molar-refractivity contribution is 6.30. The van der Waals surface area contributed by atoms with Gasteiger partial charge in [0.15, 0.2) is 6.10 Å². The first-order chi connectivity index (χ1) is 16.1. The van der Waals surface area contributed by atoms with E-state index in [4.69, 9.17) is 21.1 Å². The van der Waals surface area contributed by atoms with Gasteiger partial charge in [-0.15, -0.1) is 0 Å². The first kappa shape index (κ1) is 22.4. The van der Waals surface area contributed by atoms with E-state index in [9.17, 15) is 4.79 Å². The molecular formula is C27H23ClN2O3. The lowest BCUT2D eigenvalue weighted by Crippen LogP contribution is -2.33. The number of rotatable bonds is 8. The Bertz CT molecular complexity index is 1250. The largest absolute Gasteiger partial charge is 0.489 e. The number of fused-ring (bicyclic) bond motifs is 1. The van der Waals surface area contributed by atoms with Gasteiger partial charge in [-0.3, -0.25) is 4.79 Å². The Morgan fingerprint density at radius 3 is 2.48 bits per heavy atom. The van der Waals surface area contributed by atoms with Gasteiger partial charge >= 0.3 is 0 Å². The predicted octanol–water partition coefficient (Wildman–Crippen LogP) is 5.99. The molecular weight excluding hydrogens is 436 g/mol. The van der Waals surface area contributed by atoms with Crippen LogP contribution in [0.3, 0.4) is 0 Å². The molecule has 0 spiro atoms. The molecule has 0 bridgehead atoms. The molecule has 33 heavy (non-hydrogen) atoms. The Morgan fingerprint density at radius 1 is 0.970 bits per heavy atom. The summed E-state index contributed by atoms with van der Waals surface area (Å²) < 4.78 is 11.6. The first-order valence-corrected chi connectivity index (χ1v) is 10.9. The van der Waals surface area contributed by atoms with E-state index in [2.05, 4.69) is 10.5 Å². The lowest BCUT2D eigenvalue weighted by Gasteiger charge is -2.14. The second kappa shape index (κ2) is 10.7. The lowest BCUT2D eigenvalue weighted by molar-refractivity contribution is -0.127. The third-order valence-corrected chi connectivity index (χ3v) is 5.26. The third-order valence-electron chi connectivity index (χ3n) is 5.01. The van der Waals surface area contributed by atoms with Crippen LogP contribution in [0, 0.1) is 0 Å². The maximum absolute atomic E-state index is 12.4. The number of benzene rings is 4. The molecule has 4 rings (SSSR count). The summed E-state index contributed by atoms with van der Waals surface area (Å²) in [5.41, 5.74) is 4.39. The van der Waals surface area contributed by atoms with Gasteiger partial charge in [-0.05, 0) is 65.9 Å². The van der Waals surface area contributed by atoms with Gasteiger partial charge in [0.2, 0.25) is 0 Å². The highest BCUT2D eigenvalue weighted by atomic mass is 35.5. The molecule has 0 unspecified atom stereocenters. The summed E-state index contributed by atoms with van der Waals surface area (Å²) in [7, 11) is 0. The maximum atomic E-state index is 12.4. The monoisotopic (exact) mass is 458 g/mol. The van der Waals surface area contributed by atoms with Gasteiger partial charge in [-0.1, -0.05) is 60.1 Å². The fourth-order valence-corrected chi connectivity index (χ4v) is 3.33. The van der Waals surface area contributed by atoms with Crippen molar-refractivity contribution in [2.45, 2.75) is 19.6 Å². The number of hydrogen-bond acceptors (Lipinski definition) is 4. The molecule has 0 radical (unpaired) electrons. The van der Waals surface area contributed by atoms with Crippen molar-refractivity contribution in [1.29, 1.82) is 0 Å². The van der Waals surface area contributed by atoms with Crippen LogP contribution >= 0.6 is 11.6 Å². The normalized spacial score (nSPS) is 11.9. The fourth-order valence-electron chi connectivity index (χ4n) is 3.20. The Balaban J connectivity index is 1.28. The summed E-state index contributed by atoms with van der Waals surface area (Å²) in [6, 6.07) is 28.6. The molecule has 4 aromatic rings. The Morgan fingerprint density at radius 2 is 1.70 bits per heavy atom. The van der Waals surface area contributed by atoms with Crippen LogP contribution in [0.25, 0.3) is 10.8 Å². The van der Waals surface area contributed by atoms with Crippen LogP contribution in [0.5, 0.6) is 11.5 Å². The summed E-state index contributed by atoms with van der Waals surface area (Å²) >= 11 is 5.90. The van der Waals surface area contributed by atoms with Crippen molar-refractivity contribution in [3.05, 3.63) is 107 Å². The van der Waals surface area contributed by atoms with E-state index in [0.29, 0.717) is 17.4 Å². The molecule has 1 atom stereocenters. The molecule has 0 saturated heterocycles. The number of hydrazone groups is 1. The van der Waals surface area contributed by atoms with E-state index < -0.39 is 6.10 Å². The van der Waals surface area contributed by atoms with Gasteiger partial charge in [0.05, 0.1) is 6.21 Å². The highest BCUT2D eigenvalue weighted by Gasteiger charge is 2.15. The Kier molecular flexibility index (Phi) is 7.22. The molecule has 1 amide bonds. The second-order valence-corrected chi connectivity index (χ2v) is 7.89. The second-order valence-electron chi connectivity index (χ2n) is 7.46. The average molecular weight is 459 g/mol. The van der Waals surface area contributed by atoms with Crippen molar-refractivity contribution < 1.29 is 14.3 Å². The summed E-state index contributed by atoms with van der Waals surface area (Å²) in [5, 5.41) is 6.75. The van der Waals surface area contributed by atoms with Crippen LogP contribution in [0.1, 0.15) is 18.1 Å². The molecule has 4 aromatic carbocycles. The van der Waals surface area contributed by atoms with Crippen LogP contribution in [0.4, 0.5) is 0 Å². The first-order valence-electron chi connectivity index (χ1n) is 10.5. The molecule has 0 aliphatic carbocycles. The SMILES string of the molecule is C[C@H](Oc1cccc2ccccc12)C(=O)N/N=C\c1ccc(OCc2ccc(Cl)cc2)cc1. The van der Waals surface area contributed by atoms with E-state index in [-0.39, 0.29) is 5.91 Å². The Hall–Kier alpha value is -3.83. The number of carbonyl (C=O) groups excluding carboxylic acids is 1. The fraction of sp³-hybridized carbons (Fsp3) is 0.111. The third kappa shape index (κ3) is 6.11. The molecule has 0 fully saturated rings. The lowest BCUT2D eigenvalue weighted by atomic mass is 10.1. The van der Waals surface area contributed by atoms with Crippen molar-refractivity contribution in [1.82, 2.24) is 5.43 Å². The molecule has 0 heterocycles. The predicted molar refractivity (Wildman–Crippen MR) is 132 cm³/mol. The van der Waals surface area contributed by atoms with Crippen LogP contribution in [-0.4, -0.2) is 18.2 Å². The minimum absolute atomic E-state index is 0.331. The minimum Gasteiger partial charge on any atom is -0.489 e. The van der Waals surface area contributed by atoms with Gasteiger partial charge in [-0.2, -0.15) is 5.10 Å². The van der Waals surface area contributed by atoms with E-state index in [0.717, 1.165) is 27.6 Å². The van der Waals surface area contributed by atoms with E-state index in [1.165, 1.54) is 0 Å². The van der Waals surface area contributed by atoms with Crippen LogP contribution in [0.15, 0.2) is 96.1 Å². The van der Waals surface area contributed by atoms with Gasteiger partial charge in [0.25, 0.3) is 5.91 Å². The Labute approximate surface area is 197 Å². The van der Waals surface area contributed by atoms with Crippen molar-refractivity contribution in [3.8, 4) is 11.5 Å². The smallest absolute Gasteiger partial charge is 0.280 e. The summed E-state index contributed by atoms with van der Waals surface area (Å²) in [6.07, 6.45) is 0.877. The van der Waals surface area contributed by atoms with Crippen LogP contribution < -0.4 is 14.9 Å². The number of carbonyl (C=O) groups is 1. The average Bonchev–Trinajstić information content (AvgIpc) is 2.84. The molecule has 0 aliphatic heterocycles. The maximum Gasteiger partial charge on any atom is 0.280 e. The molecule has 6 heteroatoms. The molecule has 0 aromatic heterocycles. The summed E-state index contributed by atoms with van der Waals surface area (Å²) in [5.74, 6) is 1.07. The summed E-state index contributed by atoms with van der Waals surface area (Å²) in [6.45, 7) is 2.15. The van der Waals surface area contributed by atoms with Crippen LogP contribution in [-0.2, 0) is 11.4 Å². The zero-order chi connectivity index (χ0) is 23.0. The number of ether oxygens (including phenoxy) is 2. The minimum atomic E-state index is -0.698. The van der Waals surface area contributed by atoms with Gasteiger partial charge in [0.1, 0.15) is 18.1 Å². The van der Waals surface area contributed by atoms with Gasteiger partial charge in [0, 0.05) is 10.4 Å². The molecule has 166 valence electrons. The quantitative estimate of drug-likeness (QED) is 0.260. The van der Waals surface area contributed by atoms with E-state index in [1.54, 1.807) is 13.1 Å². The topological polar surface area (TPSA) is 59.9 Å². The van der Waals surface area contributed by atoms with Crippen molar-refractivity contribution in [2.24, 2.45) is 5.10 Å². The van der Waals surface area contributed by atoms with E-state index in [1.807, 2.05) is 91.0 Å². The van der Waals surface area contributed by atoms with Crippen LogP contribution in [0.2, 0.25) is 5.02 Å².